The van der Waals surface area contributed by atoms with Crippen LogP contribution in [0.15, 0.2) is 0 Å². The number of hydrogen-bond donors (Lipinski definition) is 2. The lowest BCUT2D eigenvalue weighted by molar-refractivity contribution is 0.267. The predicted octanol–water partition coefficient (Wildman–Crippen LogP) is 2.66. The van der Waals surface area contributed by atoms with Crippen LogP contribution in [-0.2, 0) is 18.2 Å². The number of hydrogen-bond acceptors (Lipinski definition) is 4. The molecule has 0 spiro atoms. The standard InChI is InChI=1S/C8H16O6P2/c9-15(10)13-7-5-3-1-2-4-6-8-14-16(11)12/h1-8H2/p+2. The van der Waals surface area contributed by atoms with Gasteiger partial charge < -0.3 is 0 Å². The van der Waals surface area contributed by atoms with Gasteiger partial charge >= 0.3 is 16.5 Å². The monoisotopic (exact) mass is 272 g/mol. The maximum Gasteiger partial charge on any atom is 0.694 e. The Labute approximate surface area is 96.9 Å². The fourth-order valence-electron chi connectivity index (χ4n) is 1.20. The molecule has 6 nitrogen and oxygen atoms in total. The Hall–Kier alpha value is 0.0400. The number of unbranched alkanes of at least 4 members (excludes halogenated alkanes) is 5. The predicted molar refractivity (Wildman–Crippen MR) is 59.3 cm³/mol. The summed E-state index contributed by atoms with van der Waals surface area (Å²) in [4.78, 5) is 16.7. The first-order chi connectivity index (χ1) is 7.63. The van der Waals surface area contributed by atoms with Crippen LogP contribution in [0.25, 0.3) is 0 Å². The average Bonchev–Trinajstić information content (AvgIpc) is 2.20. The first kappa shape index (κ1) is 16.0. The smallest absolute Gasteiger partial charge is 0.133 e. The quantitative estimate of drug-likeness (QED) is 0.443. The van der Waals surface area contributed by atoms with Crippen molar-refractivity contribution in [2.24, 2.45) is 0 Å². The fraction of sp³-hybridized carbons (Fsp3) is 1.00. The van der Waals surface area contributed by atoms with Crippen molar-refractivity contribution in [2.45, 2.75) is 38.5 Å². The molecule has 0 saturated heterocycles. The van der Waals surface area contributed by atoms with E-state index in [0.717, 1.165) is 38.5 Å². The highest BCUT2D eigenvalue weighted by Gasteiger charge is 2.10. The zero-order chi connectivity index (χ0) is 12.2. The highest BCUT2D eigenvalue weighted by atomic mass is 31.1. The molecule has 2 N–H and O–H groups in total. The molecule has 0 rings (SSSR count). The van der Waals surface area contributed by atoms with Gasteiger partial charge in [0.15, 0.2) is 0 Å². The Balaban J connectivity index is 2.98. The molecule has 2 unspecified atom stereocenters. The summed E-state index contributed by atoms with van der Waals surface area (Å²) in [6.07, 6.45) is 5.52. The van der Waals surface area contributed by atoms with Gasteiger partial charge in [0.2, 0.25) is 0 Å². The summed E-state index contributed by atoms with van der Waals surface area (Å²) in [5.74, 6) is 0. The molecule has 0 aromatic carbocycles. The third-order valence-corrected chi connectivity index (χ3v) is 2.75. The van der Waals surface area contributed by atoms with Crippen molar-refractivity contribution >= 4 is 16.5 Å². The topological polar surface area (TPSA) is 93.1 Å². The highest BCUT2D eigenvalue weighted by Crippen LogP contribution is 2.17. The zero-order valence-corrected chi connectivity index (χ0v) is 10.9. The van der Waals surface area contributed by atoms with E-state index >= 15 is 0 Å². The molecule has 0 radical (unpaired) electrons. The number of rotatable bonds is 11. The van der Waals surface area contributed by atoms with Crippen LogP contribution in [0.5, 0.6) is 0 Å². The van der Waals surface area contributed by atoms with Crippen LogP contribution >= 0.6 is 16.5 Å². The second-order valence-corrected chi connectivity index (χ2v) is 4.73. The van der Waals surface area contributed by atoms with E-state index in [9.17, 15) is 9.13 Å². The largest absolute Gasteiger partial charge is 0.694 e. The van der Waals surface area contributed by atoms with Gasteiger partial charge in [0, 0.05) is 9.13 Å². The first-order valence-corrected chi connectivity index (χ1v) is 7.47. The molecule has 94 valence electrons. The molecule has 0 amide bonds. The molecule has 0 aromatic rings. The van der Waals surface area contributed by atoms with Crippen LogP contribution in [0, 0.1) is 0 Å². The van der Waals surface area contributed by atoms with E-state index in [2.05, 4.69) is 9.05 Å². The van der Waals surface area contributed by atoms with Crippen molar-refractivity contribution in [3.05, 3.63) is 0 Å². The normalized spacial score (nSPS) is 12.6. The van der Waals surface area contributed by atoms with E-state index in [0.29, 0.717) is 13.2 Å². The third-order valence-electron chi connectivity index (χ3n) is 1.94. The van der Waals surface area contributed by atoms with E-state index in [1.807, 2.05) is 0 Å². The van der Waals surface area contributed by atoms with Crippen molar-refractivity contribution < 1.29 is 28.0 Å². The van der Waals surface area contributed by atoms with Crippen molar-refractivity contribution in [2.75, 3.05) is 13.2 Å². The Kier molecular flexibility index (Phi) is 11.6. The zero-order valence-electron chi connectivity index (χ0n) is 9.08. The minimum Gasteiger partial charge on any atom is -0.133 e. The lowest BCUT2D eigenvalue weighted by atomic mass is 10.1. The van der Waals surface area contributed by atoms with Gasteiger partial charge in [0.05, 0.1) is 0 Å². The van der Waals surface area contributed by atoms with E-state index < -0.39 is 16.5 Å². The van der Waals surface area contributed by atoms with Crippen LogP contribution in [0.1, 0.15) is 38.5 Å². The van der Waals surface area contributed by atoms with Crippen molar-refractivity contribution in [1.82, 2.24) is 0 Å². The van der Waals surface area contributed by atoms with Gasteiger partial charge in [-0.05, 0) is 12.8 Å². The molecule has 0 saturated carbocycles. The first-order valence-electron chi connectivity index (χ1n) is 5.21. The van der Waals surface area contributed by atoms with Gasteiger partial charge in [-0.15, -0.1) is 18.8 Å². The maximum absolute atomic E-state index is 10.1. The molecule has 0 aliphatic carbocycles. The second-order valence-electron chi connectivity index (χ2n) is 3.26. The molecule has 0 aromatic heterocycles. The van der Waals surface area contributed by atoms with E-state index in [4.69, 9.17) is 9.79 Å². The van der Waals surface area contributed by atoms with Crippen LogP contribution in [0.2, 0.25) is 0 Å². The molecule has 0 aliphatic heterocycles. The molecular weight excluding hydrogens is 254 g/mol. The highest BCUT2D eigenvalue weighted by molar-refractivity contribution is 7.32. The lowest BCUT2D eigenvalue weighted by Gasteiger charge is -1.97. The van der Waals surface area contributed by atoms with E-state index in [1.54, 1.807) is 0 Å². The second kappa shape index (κ2) is 11.5. The fourth-order valence-corrected chi connectivity index (χ4v) is 1.77. The van der Waals surface area contributed by atoms with Gasteiger partial charge in [-0.3, -0.25) is 0 Å². The Bertz CT molecular complexity index is 189. The van der Waals surface area contributed by atoms with Gasteiger partial charge in [0.25, 0.3) is 0 Å². The molecule has 8 heteroatoms. The van der Waals surface area contributed by atoms with Crippen LogP contribution < -0.4 is 0 Å². The molecule has 0 heterocycles. The molecule has 0 bridgehead atoms. The van der Waals surface area contributed by atoms with Crippen LogP contribution in [0.3, 0.4) is 0 Å². The van der Waals surface area contributed by atoms with Crippen molar-refractivity contribution in [3.63, 3.8) is 0 Å². The summed E-state index contributed by atoms with van der Waals surface area (Å²) >= 11 is 0. The summed E-state index contributed by atoms with van der Waals surface area (Å²) in [6, 6.07) is 0. The van der Waals surface area contributed by atoms with Gasteiger partial charge in [-0.2, -0.15) is 0 Å². The summed E-state index contributed by atoms with van der Waals surface area (Å²) in [7, 11) is -4.91. The van der Waals surface area contributed by atoms with Gasteiger partial charge in [0.1, 0.15) is 13.2 Å². The van der Waals surface area contributed by atoms with Crippen molar-refractivity contribution in [3.8, 4) is 0 Å². The van der Waals surface area contributed by atoms with Crippen LogP contribution in [0.4, 0.5) is 0 Å². The Morgan fingerprint density at radius 2 is 1.00 bits per heavy atom. The molecule has 0 aliphatic rings. The Morgan fingerprint density at radius 3 is 1.31 bits per heavy atom. The molecule has 16 heavy (non-hydrogen) atoms. The molecular formula is C8H18O6P2+2. The van der Waals surface area contributed by atoms with Gasteiger partial charge in [-0.1, -0.05) is 25.7 Å². The SMILES string of the molecule is O=[P+](O)OCCCCCCCCO[P+](=O)O. The van der Waals surface area contributed by atoms with Crippen molar-refractivity contribution in [1.29, 1.82) is 0 Å². The maximum atomic E-state index is 10.1. The summed E-state index contributed by atoms with van der Waals surface area (Å²) < 4.78 is 29.3. The minimum atomic E-state index is -2.46. The summed E-state index contributed by atoms with van der Waals surface area (Å²) in [6.45, 7) is 0.638. The Morgan fingerprint density at radius 1 is 0.688 bits per heavy atom. The average molecular weight is 272 g/mol. The summed E-state index contributed by atoms with van der Waals surface area (Å²) in [5, 5.41) is 0. The van der Waals surface area contributed by atoms with Gasteiger partial charge in [-0.25, -0.2) is 0 Å². The third kappa shape index (κ3) is 14.0. The molecule has 2 atom stereocenters. The molecule has 0 fully saturated rings. The van der Waals surface area contributed by atoms with Crippen LogP contribution in [-0.4, -0.2) is 23.0 Å². The minimum absolute atomic E-state index is 0.319. The van der Waals surface area contributed by atoms with E-state index in [1.165, 1.54) is 0 Å². The lowest BCUT2D eigenvalue weighted by Crippen LogP contribution is -1.89. The summed E-state index contributed by atoms with van der Waals surface area (Å²) in [5.41, 5.74) is 0. The van der Waals surface area contributed by atoms with E-state index in [-0.39, 0.29) is 0 Å².